The molecule has 1 atom stereocenters. The first kappa shape index (κ1) is 20.0. The van der Waals surface area contributed by atoms with Crippen LogP contribution in [0, 0.1) is 6.92 Å². The molecule has 5 nitrogen and oxygen atoms in total. The number of sulfone groups is 1. The summed E-state index contributed by atoms with van der Waals surface area (Å²) in [5, 5.41) is 0. The average molecular weight is 421 g/mol. The van der Waals surface area contributed by atoms with E-state index in [2.05, 4.69) is 0 Å². The van der Waals surface area contributed by atoms with Crippen molar-refractivity contribution in [3.05, 3.63) is 100 Å². The van der Waals surface area contributed by atoms with E-state index in [0.717, 1.165) is 22.4 Å². The number of anilines is 1. The number of aryl methyl sites for hydroxylation is 1. The van der Waals surface area contributed by atoms with E-state index in [0.29, 0.717) is 5.75 Å². The van der Waals surface area contributed by atoms with Crippen LogP contribution in [0.15, 0.2) is 88.5 Å². The summed E-state index contributed by atoms with van der Waals surface area (Å²) in [7, 11) is 0.00538. The molecule has 4 rings (SSSR count). The Bertz CT molecular complexity index is 1220. The number of hydrogen-bond acceptors (Lipinski definition) is 5. The lowest BCUT2D eigenvalue weighted by atomic mass is 9.88. The summed E-state index contributed by atoms with van der Waals surface area (Å²) in [4.78, 5) is 2.22. The van der Waals surface area contributed by atoms with Gasteiger partial charge in [0.05, 0.1) is 10.8 Å². The fourth-order valence-corrected chi connectivity index (χ4v) is 5.33. The maximum absolute atomic E-state index is 13.6. The normalized spacial score (nSPS) is 16.0. The molecule has 3 aromatic carbocycles. The molecule has 0 bridgehead atoms. The lowest BCUT2D eigenvalue weighted by molar-refractivity contribution is 0.395. The van der Waals surface area contributed by atoms with Crippen LogP contribution in [-0.2, 0) is 9.84 Å². The van der Waals surface area contributed by atoms with E-state index < -0.39 is 15.8 Å². The summed E-state index contributed by atoms with van der Waals surface area (Å²) in [5.74, 6) is -0.0834. The van der Waals surface area contributed by atoms with Crippen LogP contribution in [0.3, 0.4) is 0 Å². The zero-order valence-electron chi connectivity index (χ0n) is 17.2. The molecular formula is C24H24N2O3S. The molecule has 1 heterocycles. The third-order valence-electron chi connectivity index (χ3n) is 5.30. The third-order valence-corrected chi connectivity index (χ3v) is 7.21. The van der Waals surface area contributed by atoms with Gasteiger partial charge in [-0.3, -0.25) is 0 Å². The second kappa shape index (κ2) is 7.54. The van der Waals surface area contributed by atoms with Crippen molar-refractivity contribution in [2.24, 2.45) is 5.73 Å². The van der Waals surface area contributed by atoms with E-state index in [-0.39, 0.29) is 15.7 Å². The van der Waals surface area contributed by atoms with Gasteiger partial charge in [-0.2, -0.15) is 0 Å². The predicted octanol–water partition coefficient (Wildman–Crippen LogP) is 4.19. The number of benzene rings is 3. The van der Waals surface area contributed by atoms with Crippen molar-refractivity contribution in [3.8, 4) is 5.75 Å². The van der Waals surface area contributed by atoms with Gasteiger partial charge in [-0.15, -0.1) is 0 Å². The Hall–Kier alpha value is -3.25. The van der Waals surface area contributed by atoms with Gasteiger partial charge in [-0.25, -0.2) is 8.42 Å². The van der Waals surface area contributed by atoms with Gasteiger partial charge in [0, 0.05) is 31.4 Å². The van der Waals surface area contributed by atoms with Crippen LogP contribution in [0.4, 0.5) is 5.69 Å². The Morgan fingerprint density at radius 3 is 2.23 bits per heavy atom. The number of rotatable bonds is 4. The van der Waals surface area contributed by atoms with Crippen molar-refractivity contribution in [2.45, 2.75) is 17.7 Å². The smallest absolute Gasteiger partial charge is 0.208 e. The molecule has 0 aromatic heterocycles. The zero-order valence-corrected chi connectivity index (χ0v) is 18.0. The summed E-state index contributed by atoms with van der Waals surface area (Å²) in [6.45, 7) is 2.00. The topological polar surface area (TPSA) is 72.6 Å². The van der Waals surface area contributed by atoms with Gasteiger partial charge in [0.15, 0.2) is 0 Å². The fourth-order valence-electron chi connectivity index (χ4n) is 3.68. The van der Waals surface area contributed by atoms with Crippen LogP contribution in [0.2, 0.25) is 0 Å². The number of allylic oxidation sites excluding steroid dienone is 1. The minimum absolute atomic E-state index is 0.0719. The highest BCUT2D eigenvalue weighted by Crippen LogP contribution is 2.46. The number of ether oxygens (including phenoxy) is 1. The van der Waals surface area contributed by atoms with Crippen LogP contribution in [0.1, 0.15) is 22.6 Å². The monoisotopic (exact) mass is 420 g/mol. The molecule has 2 N–H and O–H groups in total. The number of nitrogens with zero attached hydrogens (tertiary/aromatic N) is 1. The lowest BCUT2D eigenvalue weighted by Gasteiger charge is -2.30. The molecule has 0 saturated heterocycles. The van der Waals surface area contributed by atoms with Crippen molar-refractivity contribution in [2.75, 3.05) is 19.0 Å². The highest BCUT2D eigenvalue weighted by molar-refractivity contribution is 7.95. The van der Waals surface area contributed by atoms with Crippen molar-refractivity contribution >= 4 is 15.5 Å². The summed E-state index contributed by atoms with van der Waals surface area (Å²) >= 11 is 0. The SMILES string of the molecule is Cc1ccc(C2C(S(=O)(=O)c3ccccc3)=C(N)Oc3cc(N(C)C)ccc32)cc1. The molecule has 154 valence electrons. The Labute approximate surface area is 177 Å². The molecule has 0 saturated carbocycles. The van der Waals surface area contributed by atoms with Crippen molar-refractivity contribution in [3.63, 3.8) is 0 Å². The van der Waals surface area contributed by atoms with Crippen LogP contribution in [0.5, 0.6) is 5.75 Å². The van der Waals surface area contributed by atoms with Gasteiger partial charge in [-0.05, 0) is 30.7 Å². The van der Waals surface area contributed by atoms with E-state index in [1.54, 1.807) is 30.3 Å². The Morgan fingerprint density at radius 2 is 1.60 bits per heavy atom. The first-order chi connectivity index (χ1) is 14.3. The predicted molar refractivity (Wildman–Crippen MR) is 119 cm³/mol. The fraction of sp³-hybridized carbons (Fsp3) is 0.167. The van der Waals surface area contributed by atoms with Gasteiger partial charge in [-0.1, -0.05) is 54.1 Å². The van der Waals surface area contributed by atoms with Crippen LogP contribution in [0.25, 0.3) is 0 Å². The molecule has 0 spiro atoms. The largest absolute Gasteiger partial charge is 0.440 e. The highest BCUT2D eigenvalue weighted by Gasteiger charge is 2.39. The zero-order chi connectivity index (χ0) is 21.5. The van der Waals surface area contributed by atoms with Gasteiger partial charge >= 0.3 is 0 Å². The van der Waals surface area contributed by atoms with E-state index in [9.17, 15) is 8.42 Å². The van der Waals surface area contributed by atoms with E-state index >= 15 is 0 Å². The molecule has 0 amide bonds. The van der Waals surface area contributed by atoms with Crippen LogP contribution >= 0.6 is 0 Å². The minimum Gasteiger partial charge on any atom is -0.440 e. The molecule has 30 heavy (non-hydrogen) atoms. The van der Waals surface area contributed by atoms with Gasteiger partial charge < -0.3 is 15.4 Å². The maximum Gasteiger partial charge on any atom is 0.208 e. The van der Waals surface area contributed by atoms with Crippen LogP contribution < -0.4 is 15.4 Å². The van der Waals surface area contributed by atoms with Gasteiger partial charge in [0.1, 0.15) is 10.7 Å². The quantitative estimate of drug-likeness (QED) is 0.685. The first-order valence-electron chi connectivity index (χ1n) is 9.64. The van der Waals surface area contributed by atoms with E-state index in [1.807, 2.05) is 68.4 Å². The summed E-state index contributed by atoms with van der Waals surface area (Å²) in [5.41, 5.74) is 9.92. The van der Waals surface area contributed by atoms with Crippen molar-refractivity contribution < 1.29 is 13.2 Å². The number of nitrogens with two attached hydrogens (primary N) is 1. The molecule has 1 unspecified atom stereocenters. The van der Waals surface area contributed by atoms with E-state index in [4.69, 9.17) is 10.5 Å². The van der Waals surface area contributed by atoms with Crippen molar-refractivity contribution in [1.82, 2.24) is 0 Å². The average Bonchev–Trinajstić information content (AvgIpc) is 2.73. The molecule has 1 aliphatic heterocycles. The number of hydrogen-bond donors (Lipinski definition) is 1. The second-order valence-corrected chi connectivity index (χ2v) is 9.53. The molecule has 0 aliphatic carbocycles. The van der Waals surface area contributed by atoms with Crippen molar-refractivity contribution in [1.29, 1.82) is 0 Å². The lowest BCUT2D eigenvalue weighted by Crippen LogP contribution is -2.26. The van der Waals surface area contributed by atoms with E-state index in [1.165, 1.54) is 0 Å². The Morgan fingerprint density at radius 1 is 0.933 bits per heavy atom. The molecule has 3 aromatic rings. The molecule has 0 radical (unpaired) electrons. The standard InChI is InChI=1S/C24H24N2O3S/c1-16-9-11-17(12-10-16)22-20-14-13-18(26(2)3)15-21(20)29-24(25)23(22)30(27,28)19-7-5-4-6-8-19/h4-15,22H,25H2,1-3H3. The Kier molecular flexibility index (Phi) is 5.03. The number of fused-ring (bicyclic) bond motifs is 1. The molecule has 1 aliphatic rings. The third kappa shape index (κ3) is 3.44. The molecule has 6 heteroatoms. The molecular weight excluding hydrogens is 396 g/mol. The highest BCUT2D eigenvalue weighted by atomic mass is 32.2. The van der Waals surface area contributed by atoms with Gasteiger partial charge in [0.25, 0.3) is 0 Å². The second-order valence-electron chi connectivity index (χ2n) is 7.61. The maximum atomic E-state index is 13.6. The first-order valence-corrected chi connectivity index (χ1v) is 11.1. The van der Waals surface area contributed by atoms with Gasteiger partial charge in [0.2, 0.25) is 15.7 Å². The summed E-state index contributed by atoms with van der Waals surface area (Å²) in [6, 6.07) is 21.9. The summed E-state index contributed by atoms with van der Waals surface area (Å²) in [6.07, 6.45) is 0. The Balaban J connectivity index is 1.96. The van der Waals surface area contributed by atoms with Crippen LogP contribution in [-0.4, -0.2) is 22.5 Å². The molecule has 0 fully saturated rings. The minimum atomic E-state index is -3.87. The summed E-state index contributed by atoms with van der Waals surface area (Å²) < 4.78 is 33.1.